The van der Waals surface area contributed by atoms with E-state index in [1.54, 1.807) is 12.4 Å². The van der Waals surface area contributed by atoms with Crippen molar-refractivity contribution in [1.82, 2.24) is 25.4 Å². The van der Waals surface area contributed by atoms with Gasteiger partial charge >= 0.3 is 0 Å². The molecule has 0 saturated carbocycles. The number of nitrogens with one attached hydrogen (secondary N) is 1. The predicted molar refractivity (Wildman–Crippen MR) is 81.2 cm³/mol. The van der Waals surface area contributed by atoms with Crippen LogP contribution in [0, 0.1) is 0 Å². The van der Waals surface area contributed by atoms with Crippen molar-refractivity contribution >= 4 is 33.7 Å². The van der Waals surface area contributed by atoms with E-state index in [0.717, 1.165) is 42.4 Å². The molecule has 1 aliphatic heterocycles. The Morgan fingerprint density at radius 1 is 1.36 bits per heavy atom. The van der Waals surface area contributed by atoms with Crippen molar-refractivity contribution in [2.24, 2.45) is 5.73 Å². The molecule has 0 bridgehead atoms. The minimum absolute atomic E-state index is 0.316. The number of hydrogen-bond donors (Lipinski definition) is 2. The number of amides is 1. The number of piperidine rings is 1. The molecule has 4 heterocycles. The molecule has 1 unspecified atom stereocenters. The number of rotatable bonds is 2. The number of carbonyl (C=O) groups excluding carboxylic acids is 1. The van der Waals surface area contributed by atoms with Crippen LogP contribution in [0.15, 0.2) is 18.5 Å². The van der Waals surface area contributed by atoms with Crippen LogP contribution in [-0.4, -0.2) is 43.9 Å². The molecular weight excluding hydrogens is 282 g/mol. The number of anilines is 1. The van der Waals surface area contributed by atoms with Gasteiger partial charge in [-0.15, -0.1) is 10.2 Å². The number of hydrogen-bond acceptors (Lipinski definition) is 6. The summed E-state index contributed by atoms with van der Waals surface area (Å²) in [4.78, 5) is 18.0. The largest absolute Gasteiger partial charge is 0.368 e. The fourth-order valence-electron chi connectivity index (χ4n) is 3.14. The standard InChI is InChI=1S/C14H15N7O/c15-12(22)10-3-1-2-6-21(10)14-11-8-4-5-16-13(8)19-18-9(11)7-17-20-14/h4-5,7,10,20H,1-3,6H2,(H2,15,22). The Labute approximate surface area is 125 Å². The number of aromatic amines is 1. The molecule has 1 aliphatic rings. The Hall–Kier alpha value is -2.77. The first-order valence-corrected chi connectivity index (χ1v) is 7.26. The Morgan fingerprint density at radius 3 is 3.14 bits per heavy atom. The first-order valence-electron chi connectivity index (χ1n) is 7.26. The third-order valence-corrected chi connectivity index (χ3v) is 4.17. The van der Waals surface area contributed by atoms with Crippen LogP contribution in [0.5, 0.6) is 0 Å². The molecule has 1 fully saturated rings. The number of H-pyrrole nitrogens is 1. The summed E-state index contributed by atoms with van der Waals surface area (Å²) < 4.78 is 0. The smallest absolute Gasteiger partial charge is 0.240 e. The second kappa shape index (κ2) is 4.90. The topological polar surface area (TPSA) is 114 Å². The monoisotopic (exact) mass is 297 g/mol. The summed E-state index contributed by atoms with van der Waals surface area (Å²) in [5.41, 5.74) is 6.83. The Bertz CT molecular complexity index is 859. The molecule has 0 radical (unpaired) electrons. The average Bonchev–Trinajstić information content (AvgIpc) is 3.03. The lowest BCUT2D eigenvalue weighted by atomic mass is 10.0. The van der Waals surface area contributed by atoms with Crippen molar-refractivity contribution in [3.8, 4) is 0 Å². The summed E-state index contributed by atoms with van der Waals surface area (Å²) in [5, 5.41) is 17.2. The average molecular weight is 297 g/mol. The van der Waals surface area contributed by atoms with Crippen molar-refractivity contribution in [1.29, 1.82) is 0 Å². The van der Waals surface area contributed by atoms with Crippen LogP contribution in [0.1, 0.15) is 19.3 Å². The molecule has 3 aromatic rings. The number of nitrogens with zero attached hydrogens (tertiary/aromatic N) is 5. The van der Waals surface area contributed by atoms with Gasteiger partial charge in [-0.05, 0) is 25.3 Å². The van der Waals surface area contributed by atoms with E-state index in [1.807, 2.05) is 11.0 Å². The molecule has 1 saturated heterocycles. The molecule has 0 aromatic carbocycles. The number of nitrogens with two attached hydrogens (primary N) is 1. The van der Waals surface area contributed by atoms with Gasteiger partial charge in [0.25, 0.3) is 0 Å². The van der Waals surface area contributed by atoms with E-state index in [4.69, 9.17) is 5.73 Å². The zero-order valence-corrected chi connectivity index (χ0v) is 11.9. The van der Waals surface area contributed by atoms with E-state index in [9.17, 15) is 4.79 Å². The predicted octanol–water partition coefficient (Wildman–Crippen LogP) is 0.745. The molecule has 1 amide bonds. The van der Waals surface area contributed by atoms with Gasteiger partial charge < -0.3 is 10.6 Å². The first kappa shape index (κ1) is 12.9. The van der Waals surface area contributed by atoms with Crippen molar-refractivity contribution < 1.29 is 4.79 Å². The van der Waals surface area contributed by atoms with Gasteiger partial charge in [0, 0.05) is 18.1 Å². The van der Waals surface area contributed by atoms with E-state index >= 15 is 0 Å². The Morgan fingerprint density at radius 2 is 2.27 bits per heavy atom. The van der Waals surface area contributed by atoms with E-state index in [-0.39, 0.29) is 11.9 Å². The summed E-state index contributed by atoms with van der Waals surface area (Å²) >= 11 is 0. The van der Waals surface area contributed by atoms with Crippen molar-refractivity contribution in [2.45, 2.75) is 25.3 Å². The normalized spacial score (nSPS) is 18.9. The molecular formula is C14H15N7O. The van der Waals surface area contributed by atoms with Gasteiger partial charge in [-0.1, -0.05) is 0 Å². The number of carbonyl (C=O) groups is 1. The molecule has 112 valence electrons. The second-order valence-corrected chi connectivity index (χ2v) is 5.47. The van der Waals surface area contributed by atoms with Gasteiger partial charge in [0.15, 0.2) is 5.65 Å². The minimum atomic E-state index is -0.330. The summed E-state index contributed by atoms with van der Waals surface area (Å²) in [5.74, 6) is 0.442. The number of fused-ring (bicyclic) bond motifs is 3. The van der Waals surface area contributed by atoms with E-state index in [1.165, 1.54) is 0 Å². The van der Waals surface area contributed by atoms with Gasteiger partial charge in [-0.25, -0.2) is 4.98 Å². The highest BCUT2D eigenvalue weighted by Crippen LogP contribution is 2.32. The zero-order valence-electron chi connectivity index (χ0n) is 11.9. The van der Waals surface area contributed by atoms with Crippen molar-refractivity contribution in [3.63, 3.8) is 0 Å². The minimum Gasteiger partial charge on any atom is -0.368 e. The van der Waals surface area contributed by atoms with E-state index in [0.29, 0.717) is 11.2 Å². The molecule has 0 aliphatic carbocycles. The molecule has 22 heavy (non-hydrogen) atoms. The summed E-state index contributed by atoms with van der Waals surface area (Å²) in [7, 11) is 0. The summed E-state index contributed by atoms with van der Waals surface area (Å²) in [6.45, 7) is 0.753. The molecule has 8 nitrogen and oxygen atoms in total. The van der Waals surface area contributed by atoms with Crippen molar-refractivity contribution in [3.05, 3.63) is 18.5 Å². The molecule has 0 spiro atoms. The van der Waals surface area contributed by atoms with Crippen molar-refractivity contribution in [2.75, 3.05) is 11.4 Å². The molecule has 4 rings (SSSR count). The van der Waals surface area contributed by atoms with E-state index < -0.39 is 0 Å². The van der Waals surface area contributed by atoms with Crippen LogP contribution >= 0.6 is 0 Å². The number of primary amides is 1. The molecule has 3 aromatic heterocycles. The van der Waals surface area contributed by atoms with Crippen LogP contribution in [0.2, 0.25) is 0 Å². The Balaban J connectivity index is 1.97. The third-order valence-electron chi connectivity index (χ3n) is 4.17. The van der Waals surface area contributed by atoms with Gasteiger partial charge in [0.2, 0.25) is 5.91 Å². The molecule has 8 heteroatoms. The highest BCUT2D eigenvalue weighted by Gasteiger charge is 2.29. The van der Waals surface area contributed by atoms with Crippen LogP contribution in [0.4, 0.5) is 5.82 Å². The first-order chi connectivity index (χ1) is 10.8. The second-order valence-electron chi connectivity index (χ2n) is 5.47. The lowest BCUT2D eigenvalue weighted by Crippen LogP contribution is -2.48. The van der Waals surface area contributed by atoms with E-state index in [2.05, 4.69) is 25.4 Å². The fourth-order valence-corrected chi connectivity index (χ4v) is 3.14. The van der Waals surface area contributed by atoms with Crippen LogP contribution in [0.25, 0.3) is 21.9 Å². The quantitative estimate of drug-likeness (QED) is 0.721. The molecule has 3 N–H and O–H groups in total. The zero-order chi connectivity index (χ0) is 15.1. The van der Waals surface area contributed by atoms with Gasteiger partial charge in [-0.2, -0.15) is 5.10 Å². The lowest BCUT2D eigenvalue weighted by Gasteiger charge is -2.35. The highest BCUT2D eigenvalue weighted by molar-refractivity contribution is 6.08. The van der Waals surface area contributed by atoms with Crippen LogP contribution < -0.4 is 10.6 Å². The Kier molecular flexibility index (Phi) is 2.88. The van der Waals surface area contributed by atoms with Crippen LogP contribution in [-0.2, 0) is 4.79 Å². The maximum absolute atomic E-state index is 11.8. The lowest BCUT2D eigenvalue weighted by molar-refractivity contribution is -0.119. The fraction of sp³-hybridized carbons (Fsp3) is 0.357. The van der Waals surface area contributed by atoms with Crippen LogP contribution in [0.3, 0.4) is 0 Å². The van der Waals surface area contributed by atoms with Gasteiger partial charge in [-0.3, -0.25) is 9.89 Å². The SMILES string of the molecule is NC(=O)C1CCCCN1c1[nH]ncc2nnc3nccc3c12. The third kappa shape index (κ3) is 1.87. The highest BCUT2D eigenvalue weighted by atomic mass is 16.1. The maximum atomic E-state index is 11.8. The number of aromatic nitrogens is 5. The summed E-state index contributed by atoms with van der Waals surface area (Å²) in [6, 6.07) is 1.57. The van der Waals surface area contributed by atoms with Gasteiger partial charge in [0.05, 0.1) is 11.6 Å². The summed E-state index contributed by atoms with van der Waals surface area (Å²) in [6.07, 6.45) is 6.08. The maximum Gasteiger partial charge on any atom is 0.240 e. The van der Waals surface area contributed by atoms with Gasteiger partial charge in [0.1, 0.15) is 17.4 Å². The molecule has 1 atom stereocenters.